The van der Waals surface area contributed by atoms with E-state index in [0.29, 0.717) is 22.6 Å². The quantitative estimate of drug-likeness (QED) is 0.471. The number of nitrogens with one attached hydrogen (secondary N) is 3. The van der Waals surface area contributed by atoms with Crippen molar-refractivity contribution in [2.75, 3.05) is 18.9 Å². The number of amides is 2. The Morgan fingerprint density at radius 1 is 0.909 bits per heavy atom. The lowest BCUT2D eigenvalue weighted by atomic mass is 10.1. The standard InChI is InChI=1S/C24H25N3O5S/c1-16-7-8-19(24(29)26-15-17-5-4-6-18(13-17)23(28)25-2)14-22(16)33(30,31)27-20-9-11-21(32-3)12-10-20/h4-14,27H,15H2,1-3H3,(H,25,28)(H,26,29). The topological polar surface area (TPSA) is 114 Å². The fourth-order valence-corrected chi connectivity index (χ4v) is 4.48. The highest BCUT2D eigenvalue weighted by atomic mass is 32.2. The molecule has 0 heterocycles. The molecule has 0 unspecified atom stereocenters. The number of ether oxygens (including phenoxy) is 1. The molecule has 172 valence electrons. The highest BCUT2D eigenvalue weighted by molar-refractivity contribution is 7.92. The first-order valence-corrected chi connectivity index (χ1v) is 11.6. The molecule has 0 aliphatic carbocycles. The molecule has 33 heavy (non-hydrogen) atoms. The largest absolute Gasteiger partial charge is 0.497 e. The van der Waals surface area contributed by atoms with Crippen LogP contribution in [-0.2, 0) is 16.6 Å². The summed E-state index contributed by atoms with van der Waals surface area (Å²) in [6.07, 6.45) is 0. The van der Waals surface area contributed by atoms with Gasteiger partial charge in [0.2, 0.25) is 0 Å². The number of anilines is 1. The van der Waals surface area contributed by atoms with E-state index in [2.05, 4.69) is 15.4 Å². The highest BCUT2D eigenvalue weighted by Crippen LogP contribution is 2.22. The molecule has 0 saturated heterocycles. The maximum absolute atomic E-state index is 12.9. The van der Waals surface area contributed by atoms with Crippen molar-refractivity contribution in [2.45, 2.75) is 18.4 Å². The van der Waals surface area contributed by atoms with Crippen LogP contribution in [0.15, 0.2) is 71.6 Å². The zero-order valence-electron chi connectivity index (χ0n) is 18.5. The van der Waals surface area contributed by atoms with Gasteiger partial charge in [0.25, 0.3) is 21.8 Å². The number of carbonyl (C=O) groups is 2. The van der Waals surface area contributed by atoms with Gasteiger partial charge in [-0.1, -0.05) is 18.2 Å². The van der Waals surface area contributed by atoms with Crippen molar-refractivity contribution in [3.8, 4) is 5.75 Å². The van der Waals surface area contributed by atoms with Gasteiger partial charge in [-0.25, -0.2) is 8.42 Å². The van der Waals surface area contributed by atoms with Crippen LogP contribution in [0.2, 0.25) is 0 Å². The Morgan fingerprint density at radius 2 is 1.61 bits per heavy atom. The van der Waals surface area contributed by atoms with Crippen molar-refractivity contribution in [1.29, 1.82) is 0 Å². The first-order valence-electron chi connectivity index (χ1n) is 10.1. The third-order valence-corrected chi connectivity index (χ3v) is 6.47. The zero-order valence-corrected chi connectivity index (χ0v) is 19.3. The Hall–Kier alpha value is -3.85. The van der Waals surface area contributed by atoms with Gasteiger partial charge in [0.1, 0.15) is 5.75 Å². The minimum atomic E-state index is -3.92. The monoisotopic (exact) mass is 467 g/mol. The van der Waals surface area contributed by atoms with E-state index in [1.165, 1.54) is 13.2 Å². The van der Waals surface area contributed by atoms with E-state index in [9.17, 15) is 18.0 Å². The molecule has 3 aromatic carbocycles. The zero-order chi connectivity index (χ0) is 24.0. The van der Waals surface area contributed by atoms with Crippen molar-refractivity contribution in [3.05, 3.63) is 89.0 Å². The predicted molar refractivity (Wildman–Crippen MR) is 126 cm³/mol. The molecule has 0 fully saturated rings. The molecular formula is C24H25N3O5S. The Labute approximate surface area is 193 Å². The van der Waals surface area contributed by atoms with Crippen LogP contribution in [0.1, 0.15) is 31.8 Å². The molecular weight excluding hydrogens is 442 g/mol. The Bertz CT molecular complexity index is 1270. The van der Waals surface area contributed by atoms with E-state index in [1.54, 1.807) is 74.6 Å². The van der Waals surface area contributed by atoms with E-state index in [4.69, 9.17) is 4.74 Å². The summed E-state index contributed by atoms with van der Waals surface area (Å²) < 4.78 is 33.5. The average Bonchev–Trinajstić information content (AvgIpc) is 2.82. The minimum absolute atomic E-state index is 0.00702. The first-order chi connectivity index (χ1) is 15.7. The third-order valence-electron chi connectivity index (χ3n) is 4.95. The van der Waals surface area contributed by atoms with Crippen LogP contribution in [0.5, 0.6) is 5.75 Å². The molecule has 3 rings (SSSR count). The SMILES string of the molecule is CNC(=O)c1cccc(CNC(=O)c2ccc(C)c(S(=O)(=O)Nc3ccc(OC)cc3)c2)c1. The van der Waals surface area contributed by atoms with Gasteiger partial charge < -0.3 is 15.4 Å². The van der Waals surface area contributed by atoms with Crippen molar-refractivity contribution < 1.29 is 22.7 Å². The van der Waals surface area contributed by atoms with Crippen molar-refractivity contribution >= 4 is 27.5 Å². The lowest BCUT2D eigenvalue weighted by Crippen LogP contribution is -2.24. The number of sulfonamides is 1. The summed E-state index contributed by atoms with van der Waals surface area (Å²) >= 11 is 0. The molecule has 0 bridgehead atoms. The number of hydrogen-bond acceptors (Lipinski definition) is 5. The number of benzene rings is 3. The molecule has 0 saturated carbocycles. The number of aryl methyl sites for hydroxylation is 1. The second-order valence-electron chi connectivity index (χ2n) is 7.28. The van der Waals surface area contributed by atoms with Crippen molar-refractivity contribution in [3.63, 3.8) is 0 Å². The maximum atomic E-state index is 12.9. The molecule has 2 amide bonds. The summed E-state index contributed by atoms with van der Waals surface area (Å²) in [6.45, 7) is 1.85. The van der Waals surface area contributed by atoms with Gasteiger partial charge in [-0.2, -0.15) is 0 Å². The van der Waals surface area contributed by atoms with Gasteiger partial charge in [-0.05, 0) is 66.6 Å². The Kier molecular flexibility index (Phi) is 7.34. The van der Waals surface area contributed by atoms with Crippen LogP contribution in [0.3, 0.4) is 0 Å². The van der Waals surface area contributed by atoms with Gasteiger partial charge in [-0.3, -0.25) is 14.3 Å². The molecule has 3 N–H and O–H groups in total. The number of hydrogen-bond donors (Lipinski definition) is 3. The second-order valence-corrected chi connectivity index (χ2v) is 8.93. The maximum Gasteiger partial charge on any atom is 0.262 e. The molecule has 8 nitrogen and oxygen atoms in total. The summed E-state index contributed by atoms with van der Waals surface area (Å²) in [5.74, 6) is -0.0455. The van der Waals surface area contributed by atoms with Crippen LogP contribution in [0.4, 0.5) is 5.69 Å². The number of carbonyl (C=O) groups excluding carboxylic acids is 2. The molecule has 0 spiro atoms. The Morgan fingerprint density at radius 3 is 2.27 bits per heavy atom. The molecule has 0 aliphatic rings. The van der Waals surface area contributed by atoms with Gasteiger partial charge in [-0.15, -0.1) is 0 Å². The van der Waals surface area contributed by atoms with E-state index in [0.717, 1.165) is 5.56 Å². The van der Waals surface area contributed by atoms with Gasteiger partial charge >= 0.3 is 0 Å². The normalized spacial score (nSPS) is 10.9. The van der Waals surface area contributed by atoms with E-state index >= 15 is 0 Å². The molecule has 9 heteroatoms. The summed E-state index contributed by atoms with van der Waals surface area (Å²) in [7, 11) is -0.850. The van der Waals surface area contributed by atoms with Crippen LogP contribution in [0, 0.1) is 6.92 Å². The van der Waals surface area contributed by atoms with Crippen LogP contribution >= 0.6 is 0 Å². The second kappa shape index (κ2) is 10.2. The first kappa shape index (κ1) is 23.8. The molecule has 0 radical (unpaired) electrons. The minimum Gasteiger partial charge on any atom is -0.497 e. The average molecular weight is 468 g/mol. The lowest BCUT2D eigenvalue weighted by Gasteiger charge is -2.13. The smallest absolute Gasteiger partial charge is 0.262 e. The third kappa shape index (κ3) is 5.89. The molecule has 3 aromatic rings. The van der Waals surface area contributed by atoms with Crippen molar-refractivity contribution in [1.82, 2.24) is 10.6 Å². The molecule has 0 aliphatic heterocycles. The fraction of sp³-hybridized carbons (Fsp3) is 0.167. The van der Waals surface area contributed by atoms with Gasteiger partial charge in [0.15, 0.2) is 0 Å². The predicted octanol–water partition coefficient (Wildman–Crippen LogP) is 3.09. The van der Waals surface area contributed by atoms with E-state index in [1.807, 2.05) is 0 Å². The van der Waals surface area contributed by atoms with Crippen molar-refractivity contribution in [2.24, 2.45) is 0 Å². The summed E-state index contributed by atoms with van der Waals surface area (Å²) in [5.41, 5.74) is 2.31. The van der Waals surface area contributed by atoms with Crippen LogP contribution in [0.25, 0.3) is 0 Å². The lowest BCUT2D eigenvalue weighted by molar-refractivity contribution is 0.0948. The van der Waals surface area contributed by atoms with E-state index < -0.39 is 15.9 Å². The van der Waals surface area contributed by atoms with Gasteiger partial charge in [0, 0.05) is 30.4 Å². The summed E-state index contributed by atoms with van der Waals surface area (Å²) in [4.78, 5) is 24.5. The fourth-order valence-electron chi connectivity index (χ4n) is 3.15. The highest BCUT2D eigenvalue weighted by Gasteiger charge is 2.19. The molecule has 0 aromatic heterocycles. The molecule has 0 atom stereocenters. The van der Waals surface area contributed by atoms with Crippen LogP contribution < -0.4 is 20.1 Å². The summed E-state index contributed by atoms with van der Waals surface area (Å²) in [6, 6.07) is 17.9. The van der Waals surface area contributed by atoms with Crippen LogP contribution in [-0.4, -0.2) is 34.4 Å². The van der Waals surface area contributed by atoms with Gasteiger partial charge in [0.05, 0.1) is 12.0 Å². The summed E-state index contributed by atoms with van der Waals surface area (Å²) in [5, 5.41) is 5.31. The van der Waals surface area contributed by atoms with E-state index in [-0.39, 0.29) is 22.9 Å². The number of methoxy groups -OCH3 is 1. The Balaban J connectivity index is 1.76. The number of rotatable bonds is 8.